The van der Waals surface area contributed by atoms with Gasteiger partial charge in [0.1, 0.15) is 0 Å². The van der Waals surface area contributed by atoms with E-state index in [1.807, 2.05) is 43.7 Å². The maximum Gasteiger partial charge on any atom is 0.251 e. The van der Waals surface area contributed by atoms with Gasteiger partial charge in [0.05, 0.1) is 12.2 Å². The Morgan fingerprint density at radius 1 is 1.16 bits per heavy atom. The first-order chi connectivity index (χ1) is 12.0. The number of nitrogens with zero attached hydrogens (tertiary/aromatic N) is 4. The van der Waals surface area contributed by atoms with Crippen molar-refractivity contribution in [2.75, 3.05) is 0 Å². The first kappa shape index (κ1) is 16.8. The molecule has 6 nitrogen and oxygen atoms in total. The van der Waals surface area contributed by atoms with Crippen molar-refractivity contribution in [3.63, 3.8) is 0 Å². The lowest BCUT2D eigenvalue weighted by Crippen LogP contribution is -2.36. The highest BCUT2D eigenvalue weighted by Gasteiger charge is 2.13. The van der Waals surface area contributed by atoms with Gasteiger partial charge in [-0.05, 0) is 45.0 Å². The average molecular weight is 335 g/mol. The number of carbonyl (C=O) groups excluding carboxylic acids is 1. The molecule has 0 spiro atoms. The molecule has 2 aromatic heterocycles. The smallest absolute Gasteiger partial charge is 0.251 e. The van der Waals surface area contributed by atoms with Crippen molar-refractivity contribution >= 4 is 5.91 Å². The van der Waals surface area contributed by atoms with Gasteiger partial charge >= 0.3 is 0 Å². The van der Waals surface area contributed by atoms with Crippen molar-refractivity contribution in [3.8, 4) is 11.4 Å². The molecule has 2 heterocycles. The number of carbonyl (C=O) groups is 1. The van der Waals surface area contributed by atoms with Crippen molar-refractivity contribution in [2.45, 2.75) is 33.4 Å². The maximum atomic E-state index is 12.5. The van der Waals surface area contributed by atoms with E-state index in [9.17, 15) is 4.79 Å². The Kier molecular flexibility index (Phi) is 4.88. The van der Waals surface area contributed by atoms with E-state index in [0.29, 0.717) is 17.9 Å². The third-order valence-corrected chi connectivity index (χ3v) is 3.88. The summed E-state index contributed by atoms with van der Waals surface area (Å²) in [6, 6.07) is 11.1. The molecule has 0 radical (unpaired) electrons. The van der Waals surface area contributed by atoms with E-state index in [2.05, 4.69) is 20.4 Å². The summed E-state index contributed by atoms with van der Waals surface area (Å²) < 4.78 is 1.91. The first-order valence-electron chi connectivity index (χ1n) is 8.22. The molecule has 3 rings (SSSR count). The van der Waals surface area contributed by atoms with Crippen molar-refractivity contribution < 1.29 is 4.79 Å². The number of hydrogen-bond donors (Lipinski definition) is 1. The molecule has 0 fully saturated rings. The molecule has 0 aliphatic heterocycles. The van der Waals surface area contributed by atoms with Gasteiger partial charge in [0.15, 0.2) is 5.82 Å². The molecule has 1 aromatic carbocycles. The van der Waals surface area contributed by atoms with Crippen LogP contribution in [0.3, 0.4) is 0 Å². The molecule has 128 valence electrons. The fraction of sp³-hybridized carbons (Fsp3) is 0.263. The van der Waals surface area contributed by atoms with Crippen LogP contribution in [0.4, 0.5) is 0 Å². The van der Waals surface area contributed by atoms with Gasteiger partial charge in [-0.25, -0.2) is 9.97 Å². The molecular weight excluding hydrogens is 314 g/mol. The van der Waals surface area contributed by atoms with E-state index in [-0.39, 0.29) is 11.9 Å². The first-order valence-corrected chi connectivity index (χ1v) is 8.22. The molecule has 0 unspecified atom stereocenters. The fourth-order valence-corrected chi connectivity index (χ4v) is 2.72. The molecule has 0 aliphatic carbocycles. The summed E-state index contributed by atoms with van der Waals surface area (Å²) in [5, 5.41) is 7.45. The van der Waals surface area contributed by atoms with Gasteiger partial charge in [-0.1, -0.05) is 12.1 Å². The lowest BCUT2D eigenvalue weighted by atomic mass is 10.1. The molecule has 0 bridgehead atoms. The Hall–Kier alpha value is -3.02. The van der Waals surface area contributed by atoms with Crippen LogP contribution in [0.5, 0.6) is 0 Å². The van der Waals surface area contributed by atoms with Crippen LogP contribution in [-0.2, 0) is 6.54 Å². The Bertz CT molecular complexity index is 873. The second-order valence-corrected chi connectivity index (χ2v) is 6.14. The van der Waals surface area contributed by atoms with Gasteiger partial charge in [-0.15, -0.1) is 0 Å². The third kappa shape index (κ3) is 4.09. The Labute approximate surface area is 146 Å². The van der Waals surface area contributed by atoms with Crippen LogP contribution in [0.15, 0.2) is 48.8 Å². The largest absolute Gasteiger partial charge is 0.348 e. The normalized spacial score (nSPS) is 12.0. The van der Waals surface area contributed by atoms with Gasteiger partial charge < -0.3 is 5.32 Å². The summed E-state index contributed by atoms with van der Waals surface area (Å²) in [7, 11) is 0. The summed E-state index contributed by atoms with van der Waals surface area (Å²) in [4.78, 5) is 21.0. The Balaban J connectivity index is 1.70. The number of nitrogens with one attached hydrogen (secondary N) is 1. The van der Waals surface area contributed by atoms with Crippen LogP contribution in [0.1, 0.15) is 28.7 Å². The summed E-state index contributed by atoms with van der Waals surface area (Å²) in [6.07, 6.45) is 3.37. The fourth-order valence-electron chi connectivity index (χ4n) is 2.72. The lowest BCUT2D eigenvalue weighted by Gasteiger charge is -2.15. The van der Waals surface area contributed by atoms with E-state index in [1.165, 1.54) is 0 Å². The zero-order valence-electron chi connectivity index (χ0n) is 14.6. The predicted octanol–water partition coefficient (Wildman–Crippen LogP) is 2.78. The minimum atomic E-state index is -0.119. The minimum Gasteiger partial charge on any atom is -0.348 e. The number of benzene rings is 1. The molecule has 0 saturated carbocycles. The van der Waals surface area contributed by atoms with Gasteiger partial charge in [-0.2, -0.15) is 5.10 Å². The molecule has 1 amide bonds. The highest BCUT2D eigenvalue weighted by Crippen LogP contribution is 2.15. The van der Waals surface area contributed by atoms with Gasteiger partial charge in [0.2, 0.25) is 0 Å². The SMILES string of the molecule is Cc1cc(C)n(C[C@@H](C)NC(=O)c2cccc(-c3ncccn3)c2)n1. The molecule has 0 saturated heterocycles. The minimum absolute atomic E-state index is 0.0397. The molecule has 1 N–H and O–H groups in total. The summed E-state index contributed by atoms with van der Waals surface area (Å²) >= 11 is 0. The summed E-state index contributed by atoms with van der Waals surface area (Å²) in [6.45, 7) is 6.58. The van der Waals surface area contributed by atoms with Crippen molar-refractivity contribution in [1.29, 1.82) is 0 Å². The van der Waals surface area contributed by atoms with Crippen molar-refractivity contribution in [3.05, 3.63) is 65.7 Å². The summed E-state index contributed by atoms with van der Waals surface area (Å²) in [5.74, 6) is 0.486. The van der Waals surface area contributed by atoms with Crippen LogP contribution < -0.4 is 5.32 Å². The third-order valence-electron chi connectivity index (χ3n) is 3.88. The summed E-state index contributed by atoms with van der Waals surface area (Å²) in [5.41, 5.74) is 3.47. The maximum absolute atomic E-state index is 12.5. The number of aromatic nitrogens is 4. The Morgan fingerprint density at radius 2 is 1.92 bits per heavy atom. The highest BCUT2D eigenvalue weighted by molar-refractivity contribution is 5.95. The molecular formula is C19H21N5O. The molecule has 1 atom stereocenters. The molecule has 0 aliphatic rings. The van der Waals surface area contributed by atoms with Gasteiger partial charge in [0, 0.05) is 35.3 Å². The number of rotatable bonds is 5. The number of amides is 1. The predicted molar refractivity (Wildman–Crippen MR) is 96.1 cm³/mol. The number of aryl methyl sites for hydroxylation is 2. The van der Waals surface area contributed by atoms with Crippen LogP contribution in [0, 0.1) is 13.8 Å². The second kappa shape index (κ2) is 7.25. The monoisotopic (exact) mass is 335 g/mol. The zero-order chi connectivity index (χ0) is 17.8. The second-order valence-electron chi connectivity index (χ2n) is 6.14. The van der Waals surface area contributed by atoms with Gasteiger partial charge in [0.25, 0.3) is 5.91 Å². The van der Waals surface area contributed by atoms with E-state index < -0.39 is 0 Å². The standard InChI is InChI=1S/C19H21N5O/c1-13-10-15(3)24(23-13)12-14(2)22-19(25)17-7-4-6-16(11-17)18-20-8-5-9-21-18/h4-11,14H,12H2,1-3H3,(H,22,25)/t14-/m1/s1. The molecule has 25 heavy (non-hydrogen) atoms. The molecule has 3 aromatic rings. The van der Waals surface area contributed by atoms with E-state index in [4.69, 9.17) is 0 Å². The van der Waals surface area contributed by atoms with E-state index in [1.54, 1.807) is 30.6 Å². The number of hydrogen-bond acceptors (Lipinski definition) is 4. The van der Waals surface area contributed by atoms with E-state index >= 15 is 0 Å². The zero-order valence-corrected chi connectivity index (χ0v) is 14.6. The van der Waals surface area contributed by atoms with Gasteiger partial charge in [-0.3, -0.25) is 9.48 Å². The topological polar surface area (TPSA) is 72.7 Å². The molecule has 6 heteroatoms. The van der Waals surface area contributed by atoms with E-state index in [0.717, 1.165) is 17.0 Å². The average Bonchev–Trinajstić information content (AvgIpc) is 2.92. The highest BCUT2D eigenvalue weighted by atomic mass is 16.1. The quantitative estimate of drug-likeness (QED) is 0.778. The van der Waals surface area contributed by atoms with Crippen LogP contribution in [0.25, 0.3) is 11.4 Å². The van der Waals surface area contributed by atoms with Crippen LogP contribution in [-0.4, -0.2) is 31.7 Å². The lowest BCUT2D eigenvalue weighted by molar-refractivity contribution is 0.0936. The van der Waals surface area contributed by atoms with Crippen LogP contribution in [0.2, 0.25) is 0 Å². The van der Waals surface area contributed by atoms with Crippen molar-refractivity contribution in [1.82, 2.24) is 25.1 Å². The van der Waals surface area contributed by atoms with Crippen molar-refractivity contribution in [2.24, 2.45) is 0 Å². The van der Waals surface area contributed by atoms with Crippen LogP contribution >= 0.6 is 0 Å². The Morgan fingerprint density at radius 3 is 2.60 bits per heavy atom.